The SMILES string of the molecule is C=C1CC(C)(C(F)(F)F)c2c(n[nH]c2-c2cccc(F)c2)N1.CC. The van der Waals surface area contributed by atoms with Gasteiger partial charge in [-0.1, -0.05) is 32.6 Å². The van der Waals surface area contributed by atoms with Gasteiger partial charge >= 0.3 is 6.18 Å². The van der Waals surface area contributed by atoms with Crippen molar-refractivity contribution in [2.75, 3.05) is 5.32 Å². The Hall–Kier alpha value is -2.31. The van der Waals surface area contributed by atoms with E-state index in [1.54, 1.807) is 0 Å². The van der Waals surface area contributed by atoms with Crippen LogP contribution in [-0.2, 0) is 5.41 Å². The molecule has 0 fully saturated rings. The molecular weight excluding hydrogens is 322 g/mol. The maximum absolute atomic E-state index is 13.6. The van der Waals surface area contributed by atoms with E-state index in [2.05, 4.69) is 22.1 Å². The number of aromatic nitrogens is 2. The van der Waals surface area contributed by atoms with E-state index in [1.807, 2.05) is 13.8 Å². The summed E-state index contributed by atoms with van der Waals surface area (Å²) in [6.45, 7) is 8.70. The van der Waals surface area contributed by atoms with E-state index in [4.69, 9.17) is 0 Å². The van der Waals surface area contributed by atoms with Crippen molar-refractivity contribution in [3.63, 3.8) is 0 Å². The number of aromatic amines is 1. The molecule has 0 radical (unpaired) electrons. The van der Waals surface area contributed by atoms with Crippen LogP contribution in [0, 0.1) is 5.82 Å². The topological polar surface area (TPSA) is 40.7 Å². The Morgan fingerprint density at radius 2 is 1.92 bits per heavy atom. The average molecular weight is 341 g/mol. The van der Waals surface area contributed by atoms with Gasteiger partial charge in [0.25, 0.3) is 0 Å². The second-order valence-corrected chi connectivity index (χ2v) is 5.57. The Morgan fingerprint density at radius 3 is 2.50 bits per heavy atom. The number of nitrogens with one attached hydrogen (secondary N) is 2. The predicted octanol–water partition coefficient (Wildman–Crippen LogP) is 5.39. The minimum atomic E-state index is -4.49. The summed E-state index contributed by atoms with van der Waals surface area (Å²) in [7, 11) is 0. The highest BCUT2D eigenvalue weighted by Crippen LogP contribution is 2.52. The van der Waals surface area contributed by atoms with Crippen LogP contribution in [0.15, 0.2) is 36.5 Å². The lowest BCUT2D eigenvalue weighted by Crippen LogP contribution is -2.43. The van der Waals surface area contributed by atoms with Gasteiger partial charge in [-0.25, -0.2) is 4.39 Å². The summed E-state index contributed by atoms with van der Waals surface area (Å²) in [6.07, 6.45) is -4.79. The number of anilines is 1. The van der Waals surface area contributed by atoms with Crippen LogP contribution in [0.5, 0.6) is 0 Å². The second kappa shape index (κ2) is 6.30. The van der Waals surface area contributed by atoms with Crippen LogP contribution in [0.2, 0.25) is 0 Å². The van der Waals surface area contributed by atoms with E-state index in [1.165, 1.54) is 24.3 Å². The third-order valence-electron chi connectivity index (χ3n) is 3.92. The zero-order valence-corrected chi connectivity index (χ0v) is 13.7. The van der Waals surface area contributed by atoms with Crippen molar-refractivity contribution in [3.8, 4) is 11.3 Å². The van der Waals surface area contributed by atoms with Crippen LogP contribution in [0.1, 0.15) is 32.8 Å². The average Bonchev–Trinajstić information content (AvgIpc) is 2.92. The van der Waals surface area contributed by atoms with Gasteiger partial charge in [0.1, 0.15) is 5.82 Å². The quantitative estimate of drug-likeness (QED) is 0.683. The fraction of sp³-hybridized carbons (Fsp3) is 0.353. The molecule has 2 heterocycles. The van der Waals surface area contributed by atoms with Crippen molar-refractivity contribution in [1.29, 1.82) is 0 Å². The molecule has 0 saturated heterocycles. The molecule has 2 N–H and O–H groups in total. The molecule has 2 aromatic rings. The number of hydrogen-bond acceptors (Lipinski definition) is 2. The molecule has 1 unspecified atom stereocenters. The summed E-state index contributed by atoms with van der Waals surface area (Å²) in [5, 5.41) is 9.25. The van der Waals surface area contributed by atoms with E-state index in [0.717, 1.165) is 6.92 Å². The molecule has 0 bridgehead atoms. The van der Waals surface area contributed by atoms with Gasteiger partial charge in [-0.3, -0.25) is 5.10 Å². The minimum absolute atomic E-state index is 0.0157. The van der Waals surface area contributed by atoms with Crippen molar-refractivity contribution in [2.24, 2.45) is 0 Å². The van der Waals surface area contributed by atoms with Crippen molar-refractivity contribution in [2.45, 2.75) is 38.8 Å². The Kier molecular flexibility index (Phi) is 4.73. The molecule has 24 heavy (non-hydrogen) atoms. The number of H-pyrrole nitrogens is 1. The van der Waals surface area contributed by atoms with Gasteiger partial charge in [0, 0.05) is 23.2 Å². The molecule has 1 atom stereocenters. The van der Waals surface area contributed by atoms with Crippen molar-refractivity contribution < 1.29 is 17.6 Å². The Bertz CT molecular complexity index is 749. The number of halogens is 4. The molecule has 0 aliphatic carbocycles. The monoisotopic (exact) mass is 341 g/mol. The first kappa shape index (κ1) is 18.0. The Labute approximate surface area is 137 Å². The number of hydrogen-bond donors (Lipinski definition) is 2. The molecular formula is C17H19F4N3. The molecule has 1 aliphatic rings. The van der Waals surface area contributed by atoms with Crippen molar-refractivity contribution >= 4 is 5.82 Å². The van der Waals surface area contributed by atoms with Crippen molar-refractivity contribution in [3.05, 3.63) is 47.9 Å². The van der Waals surface area contributed by atoms with Crippen LogP contribution < -0.4 is 5.32 Å². The summed E-state index contributed by atoms with van der Waals surface area (Å²) < 4.78 is 54.3. The number of nitrogens with zero attached hydrogens (tertiary/aromatic N) is 1. The van der Waals surface area contributed by atoms with E-state index in [-0.39, 0.29) is 29.2 Å². The molecule has 3 nitrogen and oxygen atoms in total. The van der Waals surface area contributed by atoms with Crippen molar-refractivity contribution in [1.82, 2.24) is 10.2 Å². The highest BCUT2D eigenvalue weighted by atomic mass is 19.4. The first-order valence-corrected chi connectivity index (χ1v) is 7.59. The van der Waals surface area contributed by atoms with Crippen LogP contribution in [-0.4, -0.2) is 16.4 Å². The molecule has 0 amide bonds. The van der Waals surface area contributed by atoms with Crippen LogP contribution in [0.4, 0.5) is 23.4 Å². The molecule has 130 valence electrons. The van der Waals surface area contributed by atoms with Gasteiger partial charge in [-0.2, -0.15) is 18.3 Å². The maximum atomic E-state index is 13.6. The normalized spacial score (nSPS) is 19.9. The fourth-order valence-electron chi connectivity index (χ4n) is 2.79. The number of rotatable bonds is 1. The lowest BCUT2D eigenvalue weighted by molar-refractivity contribution is -0.185. The first-order valence-electron chi connectivity index (χ1n) is 7.59. The lowest BCUT2D eigenvalue weighted by Gasteiger charge is -2.37. The van der Waals surface area contributed by atoms with Gasteiger partial charge in [0.15, 0.2) is 5.82 Å². The Morgan fingerprint density at radius 1 is 1.25 bits per heavy atom. The van der Waals surface area contributed by atoms with Crippen LogP contribution in [0.3, 0.4) is 0 Å². The Balaban J connectivity index is 0.00000100. The molecule has 1 aromatic carbocycles. The summed E-state index contributed by atoms with van der Waals surface area (Å²) in [4.78, 5) is 0. The summed E-state index contributed by atoms with van der Waals surface area (Å²) >= 11 is 0. The van der Waals surface area contributed by atoms with E-state index in [0.29, 0.717) is 5.56 Å². The highest BCUT2D eigenvalue weighted by molar-refractivity contribution is 5.74. The van der Waals surface area contributed by atoms with Gasteiger partial charge in [0.2, 0.25) is 0 Å². The summed E-state index contributed by atoms with van der Waals surface area (Å²) in [5.74, 6) is -0.446. The standard InChI is InChI=1S/C15H13F4N3.C2H6/c1-8-7-14(2,15(17,18)19)11-12(21-22-13(11)20-8)9-4-3-5-10(16)6-9;1-2/h3-6H,1,7H2,2H3,(H2,20,21,22);1-2H3. The number of benzene rings is 1. The third kappa shape index (κ3) is 2.90. The second-order valence-electron chi connectivity index (χ2n) is 5.57. The van der Waals surface area contributed by atoms with Gasteiger partial charge < -0.3 is 5.32 Å². The summed E-state index contributed by atoms with van der Waals surface area (Å²) in [6, 6.07) is 5.39. The molecule has 0 saturated carbocycles. The van der Waals surface area contributed by atoms with E-state index in [9.17, 15) is 17.6 Å². The maximum Gasteiger partial charge on any atom is 0.398 e. The predicted molar refractivity (Wildman–Crippen MR) is 86.1 cm³/mol. The molecule has 1 aromatic heterocycles. The largest absolute Gasteiger partial charge is 0.398 e. The van der Waals surface area contributed by atoms with Crippen LogP contribution in [0.25, 0.3) is 11.3 Å². The number of allylic oxidation sites excluding steroid dienone is 1. The fourth-order valence-corrected chi connectivity index (χ4v) is 2.79. The van der Waals surface area contributed by atoms with E-state index < -0.39 is 17.4 Å². The number of alkyl halides is 3. The minimum Gasteiger partial charge on any atom is -0.343 e. The lowest BCUT2D eigenvalue weighted by atomic mass is 9.74. The number of fused-ring (bicyclic) bond motifs is 1. The molecule has 7 heteroatoms. The molecule has 1 aliphatic heterocycles. The first-order chi connectivity index (χ1) is 11.2. The molecule has 0 spiro atoms. The van der Waals surface area contributed by atoms with Gasteiger partial charge in [-0.15, -0.1) is 0 Å². The third-order valence-corrected chi connectivity index (χ3v) is 3.92. The zero-order valence-electron chi connectivity index (χ0n) is 13.7. The summed E-state index contributed by atoms with van der Waals surface area (Å²) in [5.41, 5.74) is -1.44. The van der Waals surface area contributed by atoms with E-state index >= 15 is 0 Å². The van der Waals surface area contributed by atoms with Gasteiger partial charge in [-0.05, 0) is 19.1 Å². The van der Waals surface area contributed by atoms with Crippen LogP contribution >= 0.6 is 0 Å². The van der Waals surface area contributed by atoms with Gasteiger partial charge in [0.05, 0.1) is 11.1 Å². The zero-order chi connectivity index (χ0) is 18.1. The highest BCUT2D eigenvalue weighted by Gasteiger charge is 2.56. The molecule has 3 rings (SSSR count). The smallest absolute Gasteiger partial charge is 0.343 e.